The zero-order chi connectivity index (χ0) is 21.0. The van der Waals surface area contributed by atoms with Crippen LogP contribution in [0.25, 0.3) is 0 Å². The van der Waals surface area contributed by atoms with Crippen molar-refractivity contribution >= 4 is 26.0 Å². The quantitative estimate of drug-likeness (QED) is 0.669. The Labute approximate surface area is 169 Å². The van der Waals surface area contributed by atoms with Crippen LogP contribution in [0, 0.1) is 0 Å². The first kappa shape index (κ1) is 21.3. The molecule has 0 unspecified atom stereocenters. The highest BCUT2D eigenvalue weighted by molar-refractivity contribution is 9.10. The van der Waals surface area contributed by atoms with E-state index in [1.807, 2.05) is 20.8 Å². The summed E-state index contributed by atoms with van der Waals surface area (Å²) in [6.07, 6.45) is -1.47. The highest BCUT2D eigenvalue weighted by atomic mass is 79.9. The van der Waals surface area contributed by atoms with Crippen LogP contribution in [0.5, 0.6) is 0 Å². The number of aromatic nitrogens is 1. The number of alkyl halides is 3. The summed E-state index contributed by atoms with van der Waals surface area (Å²) in [6, 6.07) is 2.44. The third kappa shape index (κ3) is 4.28. The molecule has 154 valence electrons. The summed E-state index contributed by atoms with van der Waals surface area (Å²) in [5, 5.41) is 0. The third-order valence-corrected chi connectivity index (χ3v) is 7.08. The minimum atomic E-state index is -4.55. The fourth-order valence-corrected chi connectivity index (χ4v) is 4.89. The molecule has 0 radical (unpaired) electrons. The van der Waals surface area contributed by atoms with Crippen LogP contribution in [-0.4, -0.2) is 19.9 Å². The predicted molar refractivity (Wildman–Crippen MR) is 100 cm³/mol. The Morgan fingerprint density at radius 2 is 1.89 bits per heavy atom. The van der Waals surface area contributed by atoms with Crippen molar-refractivity contribution in [3.63, 3.8) is 0 Å². The number of hydrogen-bond donors (Lipinski definition) is 1. The first-order valence-electron chi connectivity index (χ1n) is 8.58. The summed E-state index contributed by atoms with van der Waals surface area (Å²) < 4.78 is 71.7. The van der Waals surface area contributed by atoms with Gasteiger partial charge >= 0.3 is 6.18 Å². The lowest BCUT2D eigenvalue weighted by Gasteiger charge is -2.16. The zero-order valence-corrected chi connectivity index (χ0v) is 17.9. The van der Waals surface area contributed by atoms with Crippen molar-refractivity contribution < 1.29 is 26.0 Å². The van der Waals surface area contributed by atoms with Crippen molar-refractivity contribution in [3.8, 4) is 0 Å². The molecule has 0 bridgehead atoms. The summed E-state index contributed by atoms with van der Waals surface area (Å²) in [5.74, 6) is 1.19. The Bertz CT molecular complexity index is 990. The molecule has 1 saturated carbocycles. The minimum absolute atomic E-state index is 0.0624. The van der Waals surface area contributed by atoms with Crippen LogP contribution in [0.1, 0.15) is 50.8 Å². The molecule has 10 heteroatoms. The van der Waals surface area contributed by atoms with Gasteiger partial charge in [0.2, 0.25) is 15.9 Å². The van der Waals surface area contributed by atoms with E-state index in [9.17, 15) is 21.6 Å². The Kier molecular flexibility index (Phi) is 5.21. The van der Waals surface area contributed by atoms with Gasteiger partial charge < -0.3 is 4.42 Å². The van der Waals surface area contributed by atoms with Crippen LogP contribution in [0.15, 0.2) is 38.2 Å². The maximum absolute atomic E-state index is 12.8. The van der Waals surface area contributed by atoms with Gasteiger partial charge in [0, 0.05) is 16.4 Å². The second-order valence-electron chi connectivity index (χ2n) is 8.03. The molecule has 0 aliphatic heterocycles. The molecular weight excluding hydrogens is 461 g/mol. The number of benzene rings is 1. The molecule has 1 aliphatic carbocycles. The number of sulfonamides is 1. The topological polar surface area (TPSA) is 72.2 Å². The molecule has 5 nitrogen and oxygen atoms in total. The summed E-state index contributed by atoms with van der Waals surface area (Å²) in [7, 11) is -4.01. The SMILES string of the molecule is CC(C)(C)c1cnc(C2(CNS(=O)(=O)c3ccc(C(F)(F)F)cc3Br)CC2)o1. The molecule has 1 fully saturated rings. The van der Waals surface area contributed by atoms with Gasteiger partial charge in [-0.05, 0) is 47.0 Å². The fraction of sp³-hybridized carbons (Fsp3) is 0.500. The molecule has 3 rings (SSSR count). The van der Waals surface area contributed by atoms with Gasteiger partial charge in [-0.15, -0.1) is 0 Å². The molecule has 1 aromatic heterocycles. The standard InChI is InChI=1S/C18H20BrF3N2O3S/c1-16(2,3)14-9-23-15(27-14)17(6-7-17)10-24-28(25,26)13-5-4-11(8-12(13)19)18(20,21)22/h4-5,8-9,24H,6-7,10H2,1-3H3. The van der Waals surface area contributed by atoms with Crippen molar-refractivity contribution in [2.75, 3.05) is 6.54 Å². The number of nitrogens with one attached hydrogen (secondary N) is 1. The van der Waals surface area contributed by atoms with Crippen molar-refractivity contribution in [2.45, 2.75) is 55.5 Å². The Balaban J connectivity index is 1.78. The largest absolute Gasteiger partial charge is 0.445 e. The number of hydrogen-bond acceptors (Lipinski definition) is 4. The monoisotopic (exact) mass is 480 g/mol. The van der Waals surface area contributed by atoms with Crippen LogP contribution in [0.4, 0.5) is 13.2 Å². The highest BCUT2D eigenvalue weighted by Crippen LogP contribution is 2.48. The number of nitrogens with zero attached hydrogens (tertiary/aromatic N) is 1. The molecular formula is C18H20BrF3N2O3S. The van der Waals surface area contributed by atoms with E-state index in [4.69, 9.17) is 4.42 Å². The maximum atomic E-state index is 12.8. The Morgan fingerprint density at radius 1 is 1.25 bits per heavy atom. The lowest BCUT2D eigenvalue weighted by Crippen LogP contribution is -2.32. The molecule has 0 spiro atoms. The van der Waals surface area contributed by atoms with E-state index in [-0.39, 0.29) is 21.3 Å². The van der Waals surface area contributed by atoms with E-state index in [2.05, 4.69) is 25.6 Å². The van der Waals surface area contributed by atoms with Crippen molar-refractivity contribution in [1.29, 1.82) is 0 Å². The molecule has 1 aliphatic rings. The average Bonchev–Trinajstić information content (AvgIpc) is 3.17. The number of halogens is 4. The zero-order valence-electron chi connectivity index (χ0n) is 15.5. The van der Waals surface area contributed by atoms with E-state index in [1.165, 1.54) is 0 Å². The highest BCUT2D eigenvalue weighted by Gasteiger charge is 2.49. The van der Waals surface area contributed by atoms with Gasteiger partial charge in [0.25, 0.3) is 0 Å². The first-order chi connectivity index (χ1) is 12.7. The Hall–Kier alpha value is -1.39. The second-order valence-corrected chi connectivity index (χ2v) is 10.6. The first-order valence-corrected chi connectivity index (χ1v) is 10.9. The number of oxazole rings is 1. The smallest absolute Gasteiger partial charge is 0.416 e. The van der Waals surface area contributed by atoms with E-state index in [0.717, 1.165) is 18.2 Å². The molecule has 0 amide bonds. The van der Waals surface area contributed by atoms with Crippen molar-refractivity contribution in [2.24, 2.45) is 0 Å². The van der Waals surface area contributed by atoms with Crippen LogP contribution in [0.2, 0.25) is 0 Å². The predicted octanol–water partition coefficient (Wildman–Crippen LogP) is 4.76. The van der Waals surface area contributed by atoms with Crippen LogP contribution >= 0.6 is 15.9 Å². The second kappa shape index (κ2) is 6.84. The summed E-state index contributed by atoms with van der Waals surface area (Å²) in [4.78, 5) is 4.06. The normalized spacial score (nSPS) is 17.0. The van der Waals surface area contributed by atoms with Crippen LogP contribution < -0.4 is 4.72 Å². The van der Waals surface area contributed by atoms with Crippen LogP contribution in [0.3, 0.4) is 0 Å². The van der Waals surface area contributed by atoms with E-state index in [0.29, 0.717) is 24.5 Å². The fourth-order valence-electron chi connectivity index (χ4n) is 2.69. The van der Waals surface area contributed by atoms with E-state index in [1.54, 1.807) is 6.20 Å². The lowest BCUT2D eigenvalue weighted by atomic mass is 9.94. The van der Waals surface area contributed by atoms with Crippen molar-refractivity contribution in [1.82, 2.24) is 9.71 Å². The van der Waals surface area contributed by atoms with E-state index < -0.39 is 27.2 Å². The molecule has 28 heavy (non-hydrogen) atoms. The van der Waals surface area contributed by atoms with Gasteiger partial charge in [-0.2, -0.15) is 13.2 Å². The molecule has 1 N–H and O–H groups in total. The maximum Gasteiger partial charge on any atom is 0.416 e. The van der Waals surface area contributed by atoms with E-state index >= 15 is 0 Å². The van der Waals surface area contributed by atoms with Gasteiger partial charge in [-0.25, -0.2) is 18.1 Å². The Morgan fingerprint density at radius 3 is 2.36 bits per heavy atom. The van der Waals surface area contributed by atoms with Crippen LogP contribution in [-0.2, 0) is 27.0 Å². The minimum Gasteiger partial charge on any atom is -0.445 e. The van der Waals surface area contributed by atoms with Gasteiger partial charge in [0.05, 0.1) is 22.1 Å². The third-order valence-electron chi connectivity index (χ3n) is 4.70. The van der Waals surface area contributed by atoms with Gasteiger partial charge in [-0.3, -0.25) is 0 Å². The summed E-state index contributed by atoms with van der Waals surface area (Å²) >= 11 is 2.93. The number of rotatable bonds is 5. The molecule has 2 aromatic rings. The van der Waals surface area contributed by atoms with Gasteiger partial charge in [0.1, 0.15) is 5.76 Å². The lowest BCUT2D eigenvalue weighted by molar-refractivity contribution is -0.137. The van der Waals surface area contributed by atoms with Gasteiger partial charge in [0.15, 0.2) is 0 Å². The van der Waals surface area contributed by atoms with Crippen molar-refractivity contribution in [3.05, 3.63) is 46.1 Å². The molecule has 1 aromatic carbocycles. The summed E-state index contributed by atoms with van der Waals surface area (Å²) in [6.45, 7) is 6.03. The van der Waals surface area contributed by atoms with Gasteiger partial charge in [-0.1, -0.05) is 20.8 Å². The average molecular weight is 481 g/mol. The molecule has 1 heterocycles. The molecule has 0 saturated heterocycles. The molecule has 0 atom stereocenters. The summed E-state index contributed by atoms with van der Waals surface area (Å²) in [5.41, 5.74) is -1.66.